The van der Waals surface area contributed by atoms with E-state index in [1.54, 1.807) is 6.92 Å². The molecular formula is C18H23NO4. The summed E-state index contributed by atoms with van der Waals surface area (Å²) in [7, 11) is 0. The molecule has 0 spiro atoms. The molecule has 1 aromatic rings. The van der Waals surface area contributed by atoms with Crippen LogP contribution in [0.3, 0.4) is 0 Å². The van der Waals surface area contributed by atoms with Gasteiger partial charge in [-0.2, -0.15) is 0 Å². The number of rotatable bonds is 4. The van der Waals surface area contributed by atoms with Gasteiger partial charge in [-0.1, -0.05) is 30.3 Å². The Hall–Kier alpha value is -1.88. The first-order valence-corrected chi connectivity index (χ1v) is 8.27. The number of ether oxygens (including phenoxy) is 1. The molecule has 1 heterocycles. The van der Waals surface area contributed by atoms with Crippen molar-refractivity contribution in [2.75, 3.05) is 6.61 Å². The summed E-state index contributed by atoms with van der Waals surface area (Å²) in [5, 5.41) is 11.4. The van der Waals surface area contributed by atoms with Crippen LogP contribution in [0.1, 0.15) is 44.6 Å². The van der Waals surface area contributed by atoms with Gasteiger partial charge < -0.3 is 14.7 Å². The van der Waals surface area contributed by atoms with Crippen LogP contribution in [0, 0.1) is 5.41 Å². The average Bonchev–Trinajstić information content (AvgIpc) is 2.91. The second-order valence-corrected chi connectivity index (χ2v) is 6.44. The molecular weight excluding hydrogens is 294 g/mol. The summed E-state index contributed by atoms with van der Waals surface area (Å²) in [4.78, 5) is 26.6. The maximum absolute atomic E-state index is 12.6. The van der Waals surface area contributed by atoms with Crippen molar-refractivity contribution in [3.05, 3.63) is 35.9 Å². The van der Waals surface area contributed by atoms with E-state index >= 15 is 0 Å². The molecule has 0 aromatic heterocycles. The fourth-order valence-electron chi connectivity index (χ4n) is 4.08. The minimum Gasteiger partial charge on any atom is -0.465 e. The molecule has 1 aliphatic carbocycles. The number of piperidine rings is 1. The van der Waals surface area contributed by atoms with Gasteiger partial charge in [0.25, 0.3) is 0 Å². The lowest BCUT2D eigenvalue weighted by Gasteiger charge is -2.50. The summed E-state index contributed by atoms with van der Waals surface area (Å²) < 4.78 is 5.25. The van der Waals surface area contributed by atoms with Crippen LogP contribution in [0.2, 0.25) is 0 Å². The SMILES string of the molecule is CCOC(=O)C12CCCC1(O)N(Cc1ccccc1)C(=O)CC2. The molecule has 1 aromatic carbocycles. The lowest BCUT2D eigenvalue weighted by molar-refractivity contribution is -0.220. The Kier molecular flexibility index (Phi) is 4.15. The predicted octanol–water partition coefficient (Wildman–Crippen LogP) is 2.23. The van der Waals surface area contributed by atoms with Crippen LogP contribution in [-0.4, -0.2) is 34.2 Å². The Morgan fingerprint density at radius 3 is 2.70 bits per heavy atom. The van der Waals surface area contributed by atoms with E-state index < -0.39 is 11.1 Å². The second-order valence-electron chi connectivity index (χ2n) is 6.44. The van der Waals surface area contributed by atoms with E-state index in [4.69, 9.17) is 4.74 Å². The van der Waals surface area contributed by atoms with Crippen LogP contribution >= 0.6 is 0 Å². The maximum atomic E-state index is 12.6. The molecule has 3 rings (SSSR count). The van der Waals surface area contributed by atoms with E-state index in [2.05, 4.69) is 0 Å². The largest absolute Gasteiger partial charge is 0.465 e. The van der Waals surface area contributed by atoms with Gasteiger partial charge in [0.05, 0.1) is 6.61 Å². The highest BCUT2D eigenvalue weighted by atomic mass is 16.5. The molecule has 2 fully saturated rings. The first kappa shape index (κ1) is 16.0. The number of carbonyl (C=O) groups is 2. The van der Waals surface area contributed by atoms with Crippen molar-refractivity contribution in [3.8, 4) is 0 Å². The minimum atomic E-state index is -1.44. The van der Waals surface area contributed by atoms with Gasteiger partial charge in [0.2, 0.25) is 5.91 Å². The van der Waals surface area contributed by atoms with Gasteiger partial charge in [0.1, 0.15) is 5.41 Å². The first-order valence-electron chi connectivity index (χ1n) is 8.27. The third kappa shape index (κ3) is 2.43. The summed E-state index contributed by atoms with van der Waals surface area (Å²) in [6, 6.07) is 9.56. The van der Waals surface area contributed by atoms with E-state index in [-0.39, 0.29) is 24.9 Å². The van der Waals surface area contributed by atoms with Crippen molar-refractivity contribution in [2.45, 2.75) is 51.3 Å². The normalized spacial score (nSPS) is 30.2. The Balaban J connectivity index is 1.95. The first-order chi connectivity index (χ1) is 11.0. The molecule has 23 heavy (non-hydrogen) atoms. The fourth-order valence-corrected chi connectivity index (χ4v) is 4.08. The third-order valence-electron chi connectivity index (χ3n) is 5.26. The molecule has 1 saturated carbocycles. The lowest BCUT2D eigenvalue weighted by Crippen LogP contribution is -2.65. The van der Waals surface area contributed by atoms with Gasteiger partial charge in [0.15, 0.2) is 5.72 Å². The van der Waals surface area contributed by atoms with Crippen LogP contribution in [-0.2, 0) is 20.9 Å². The summed E-state index contributed by atoms with van der Waals surface area (Å²) in [6.07, 6.45) is 2.35. The van der Waals surface area contributed by atoms with E-state index in [1.165, 1.54) is 4.90 Å². The van der Waals surface area contributed by atoms with E-state index in [0.29, 0.717) is 32.2 Å². The number of carbonyl (C=O) groups excluding carboxylic acids is 2. The summed E-state index contributed by atoms with van der Waals surface area (Å²) in [5.74, 6) is -0.469. The fraction of sp³-hybridized carbons (Fsp3) is 0.556. The molecule has 2 aliphatic rings. The van der Waals surface area contributed by atoms with Gasteiger partial charge in [-0.3, -0.25) is 9.59 Å². The maximum Gasteiger partial charge on any atom is 0.316 e. The van der Waals surface area contributed by atoms with Crippen LogP contribution in [0.5, 0.6) is 0 Å². The summed E-state index contributed by atoms with van der Waals surface area (Å²) in [6.45, 7) is 2.36. The number of nitrogens with zero attached hydrogens (tertiary/aromatic N) is 1. The molecule has 0 radical (unpaired) electrons. The van der Waals surface area contributed by atoms with Crippen LogP contribution in [0.15, 0.2) is 30.3 Å². The zero-order valence-electron chi connectivity index (χ0n) is 13.5. The number of likely N-dealkylation sites (tertiary alicyclic amines) is 1. The average molecular weight is 317 g/mol. The number of benzene rings is 1. The van der Waals surface area contributed by atoms with Gasteiger partial charge in [-0.25, -0.2) is 0 Å². The van der Waals surface area contributed by atoms with E-state index in [0.717, 1.165) is 5.56 Å². The third-order valence-corrected chi connectivity index (χ3v) is 5.26. The van der Waals surface area contributed by atoms with Crippen LogP contribution in [0.4, 0.5) is 0 Å². The van der Waals surface area contributed by atoms with Crippen molar-refractivity contribution >= 4 is 11.9 Å². The zero-order valence-corrected chi connectivity index (χ0v) is 13.5. The van der Waals surface area contributed by atoms with Gasteiger partial charge in [0, 0.05) is 13.0 Å². The monoisotopic (exact) mass is 317 g/mol. The lowest BCUT2D eigenvalue weighted by atomic mass is 9.71. The standard InChI is InChI=1S/C18H23NO4/c1-2-23-16(21)17-10-6-11-18(17,22)19(15(20)9-12-17)13-14-7-4-3-5-8-14/h3-5,7-8,22H,2,6,9-13H2,1H3. The second kappa shape index (κ2) is 5.96. The molecule has 5 heteroatoms. The molecule has 1 aliphatic heterocycles. The Morgan fingerprint density at radius 1 is 1.26 bits per heavy atom. The molecule has 2 unspecified atom stereocenters. The number of esters is 1. The van der Waals surface area contributed by atoms with E-state index in [9.17, 15) is 14.7 Å². The predicted molar refractivity (Wildman–Crippen MR) is 84.1 cm³/mol. The van der Waals surface area contributed by atoms with Crippen molar-refractivity contribution in [1.29, 1.82) is 0 Å². The zero-order chi connectivity index (χ0) is 16.5. The van der Waals surface area contributed by atoms with Crippen LogP contribution < -0.4 is 0 Å². The molecule has 0 bridgehead atoms. The number of fused-ring (bicyclic) bond motifs is 1. The van der Waals surface area contributed by atoms with Crippen molar-refractivity contribution in [3.63, 3.8) is 0 Å². The highest BCUT2D eigenvalue weighted by Crippen LogP contribution is 2.55. The van der Waals surface area contributed by atoms with Crippen molar-refractivity contribution in [1.82, 2.24) is 4.90 Å². The minimum absolute atomic E-state index is 0.0989. The highest BCUT2D eigenvalue weighted by molar-refractivity contribution is 5.85. The molecule has 2 atom stereocenters. The highest BCUT2D eigenvalue weighted by Gasteiger charge is 2.65. The number of hydrogen-bond donors (Lipinski definition) is 1. The van der Waals surface area contributed by atoms with E-state index in [1.807, 2.05) is 30.3 Å². The molecule has 1 N–H and O–H groups in total. The Bertz CT molecular complexity index is 602. The number of aliphatic hydroxyl groups is 1. The van der Waals surface area contributed by atoms with Crippen LogP contribution in [0.25, 0.3) is 0 Å². The molecule has 1 amide bonds. The smallest absolute Gasteiger partial charge is 0.316 e. The number of amides is 1. The summed E-state index contributed by atoms with van der Waals surface area (Å²) >= 11 is 0. The molecule has 124 valence electrons. The van der Waals surface area contributed by atoms with Gasteiger partial charge in [-0.15, -0.1) is 0 Å². The Morgan fingerprint density at radius 2 is 2.00 bits per heavy atom. The topological polar surface area (TPSA) is 66.8 Å². The number of hydrogen-bond acceptors (Lipinski definition) is 4. The quantitative estimate of drug-likeness (QED) is 0.865. The summed E-state index contributed by atoms with van der Waals surface area (Å²) in [5.41, 5.74) is -1.48. The molecule has 1 saturated heterocycles. The van der Waals surface area contributed by atoms with Crippen molar-refractivity contribution in [2.24, 2.45) is 5.41 Å². The van der Waals surface area contributed by atoms with Gasteiger partial charge in [-0.05, 0) is 38.2 Å². The Labute approximate surface area is 136 Å². The van der Waals surface area contributed by atoms with Crippen molar-refractivity contribution < 1.29 is 19.4 Å². The van der Waals surface area contributed by atoms with Gasteiger partial charge >= 0.3 is 5.97 Å². The molecule has 5 nitrogen and oxygen atoms in total.